The highest BCUT2D eigenvalue weighted by Crippen LogP contribution is 2.23. The molecule has 4 heteroatoms. The molecular weight excluding hydrogens is 266 g/mol. The number of halogens is 1. The van der Waals surface area contributed by atoms with Crippen molar-refractivity contribution in [2.24, 2.45) is 7.05 Å². The summed E-state index contributed by atoms with van der Waals surface area (Å²) in [4.78, 5) is 0. The number of hydrogen-bond donors (Lipinski definition) is 1. The lowest BCUT2D eigenvalue weighted by Gasteiger charge is -2.15. The van der Waals surface area contributed by atoms with Crippen LogP contribution in [0, 0.1) is 0 Å². The Hall–Kier alpha value is -0.350. The molecule has 1 atom stereocenters. The van der Waals surface area contributed by atoms with Gasteiger partial charge in [0.25, 0.3) is 0 Å². The summed E-state index contributed by atoms with van der Waals surface area (Å²) in [7, 11) is 4.06. The average molecular weight is 288 g/mol. The van der Waals surface area contributed by atoms with Gasteiger partial charge >= 0.3 is 0 Å². The predicted molar refractivity (Wildman–Crippen MR) is 71.7 cm³/mol. The van der Waals surface area contributed by atoms with Crippen molar-refractivity contribution in [3.05, 3.63) is 15.9 Å². The van der Waals surface area contributed by atoms with E-state index in [0.717, 1.165) is 18.5 Å². The lowest BCUT2D eigenvalue weighted by Crippen LogP contribution is -2.28. The molecule has 1 rings (SSSR count). The van der Waals surface area contributed by atoms with Crippen molar-refractivity contribution >= 4 is 15.9 Å². The van der Waals surface area contributed by atoms with Crippen molar-refractivity contribution in [1.29, 1.82) is 0 Å². The quantitative estimate of drug-likeness (QED) is 0.872. The molecule has 0 saturated heterocycles. The molecule has 0 aliphatic heterocycles. The standard InChI is InChI=1S/C12H22BrN3/c1-5-7-9(14-3)8-11-12(13)10(6-2)15-16(11)4/h9,14H,5-8H2,1-4H3. The molecule has 0 aliphatic rings. The van der Waals surface area contributed by atoms with Crippen molar-refractivity contribution in [2.75, 3.05) is 7.05 Å². The number of rotatable bonds is 6. The number of hydrogen-bond acceptors (Lipinski definition) is 2. The van der Waals surface area contributed by atoms with Crippen molar-refractivity contribution in [2.45, 2.75) is 45.6 Å². The van der Waals surface area contributed by atoms with Gasteiger partial charge < -0.3 is 5.32 Å². The molecule has 1 N–H and O–H groups in total. The minimum absolute atomic E-state index is 0.543. The highest BCUT2D eigenvalue weighted by molar-refractivity contribution is 9.10. The Balaban J connectivity index is 2.82. The molecule has 1 aromatic rings. The van der Waals surface area contributed by atoms with E-state index >= 15 is 0 Å². The number of aryl methyl sites for hydroxylation is 2. The van der Waals surface area contributed by atoms with Gasteiger partial charge in [-0.05, 0) is 35.8 Å². The number of nitrogens with zero attached hydrogens (tertiary/aromatic N) is 2. The highest BCUT2D eigenvalue weighted by Gasteiger charge is 2.16. The van der Waals surface area contributed by atoms with Gasteiger partial charge in [0.2, 0.25) is 0 Å². The molecule has 0 spiro atoms. The molecule has 0 aliphatic carbocycles. The van der Waals surface area contributed by atoms with E-state index in [1.165, 1.54) is 23.0 Å². The Labute approximate surface area is 107 Å². The summed E-state index contributed by atoms with van der Waals surface area (Å²) in [5, 5.41) is 7.89. The van der Waals surface area contributed by atoms with E-state index in [1.807, 2.05) is 18.8 Å². The fraction of sp³-hybridized carbons (Fsp3) is 0.750. The van der Waals surface area contributed by atoms with E-state index in [2.05, 4.69) is 40.2 Å². The largest absolute Gasteiger partial charge is 0.317 e. The Morgan fingerprint density at radius 3 is 2.56 bits per heavy atom. The van der Waals surface area contributed by atoms with E-state index < -0.39 is 0 Å². The molecule has 0 saturated carbocycles. The van der Waals surface area contributed by atoms with Crippen molar-refractivity contribution in [1.82, 2.24) is 15.1 Å². The molecule has 0 amide bonds. The average Bonchev–Trinajstić information content (AvgIpc) is 2.55. The topological polar surface area (TPSA) is 29.9 Å². The van der Waals surface area contributed by atoms with Crippen LogP contribution in [0.1, 0.15) is 38.1 Å². The van der Waals surface area contributed by atoms with E-state index in [9.17, 15) is 0 Å². The number of nitrogens with one attached hydrogen (secondary N) is 1. The summed E-state index contributed by atoms with van der Waals surface area (Å²) in [6, 6.07) is 0.543. The Bertz CT molecular complexity index is 333. The Morgan fingerprint density at radius 2 is 2.12 bits per heavy atom. The van der Waals surface area contributed by atoms with Gasteiger partial charge in [0, 0.05) is 19.5 Å². The summed E-state index contributed by atoms with van der Waals surface area (Å²) in [5.41, 5.74) is 2.45. The molecule has 1 heterocycles. The second-order valence-corrected chi connectivity index (χ2v) is 4.96. The van der Waals surface area contributed by atoms with Gasteiger partial charge in [-0.3, -0.25) is 4.68 Å². The molecule has 0 aromatic carbocycles. The monoisotopic (exact) mass is 287 g/mol. The van der Waals surface area contributed by atoms with Crippen LogP contribution >= 0.6 is 15.9 Å². The van der Waals surface area contributed by atoms with Crippen LogP contribution in [-0.2, 0) is 19.9 Å². The Morgan fingerprint density at radius 1 is 1.44 bits per heavy atom. The normalized spacial score (nSPS) is 13.1. The molecule has 16 heavy (non-hydrogen) atoms. The van der Waals surface area contributed by atoms with Crippen molar-refractivity contribution in [3.8, 4) is 0 Å². The minimum Gasteiger partial charge on any atom is -0.317 e. The molecule has 1 unspecified atom stereocenters. The van der Waals surface area contributed by atoms with Crippen LogP contribution in [0.25, 0.3) is 0 Å². The second-order valence-electron chi connectivity index (χ2n) is 4.16. The zero-order valence-electron chi connectivity index (χ0n) is 10.7. The summed E-state index contributed by atoms with van der Waals surface area (Å²) in [6.45, 7) is 4.36. The molecule has 0 fully saturated rings. The summed E-state index contributed by atoms with van der Waals surface area (Å²) in [5.74, 6) is 0. The SMILES string of the molecule is CCCC(Cc1c(Br)c(CC)nn1C)NC. The van der Waals surface area contributed by atoms with Crippen LogP contribution in [0.2, 0.25) is 0 Å². The fourth-order valence-corrected chi connectivity index (χ4v) is 2.75. The number of aromatic nitrogens is 2. The van der Waals surface area contributed by atoms with Crippen molar-refractivity contribution < 1.29 is 0 Å². The van der Waals surface area contributed by atoms with Crippen molar-refractivity contribution in [3.63, 3.8) is 0 Å². The smallest absolute Gasteiger partial charge is 0.0766 e. The molecule has 92 valence electrons. The lowest BCUT2D eigenvalue weighted by molar-refractivity contribution is 0.497. The highest BCUT2D eigenvalue weighted by atomic mass is 79.9. The van der Waals surface area contributed by atoms with E-state index in [1.54, 1.807) is 0 Å². The first-order valence-corrected chi connectivity index (χ1v) is 6.80. The van der Waals surface area contributed by atoms with Gasteiger partial charge in [-0.25, -0.2) is 0 Å². The van der Waals surface area contributed by atoms with Gasteiger partial charge in [-0.1, -0.05) is 20.3 Å². The van der Waals surface area contributed by atoms with E-state index in [0.29, 0.717) is 6.04 Å². The first-order chi connectivity index (χ1) is 7.63. The van der Waals surface area contributed by atoms with Crippen LogP contribution in [-0.4, -0.2) is 22.9 Å². The van der Waals surface area contributed by atoms with Gasteiger partial charge in [0.15, 0.2) is 0 Å². The van der Waals surface area contributed by atoms with Gasteiger partial charge in [0.05, 0.1) is 15.9 Å². The predicted octanol–water partition coefficient (Wildman–Crippen LogP) is 2.68. The van der Waals surface area contributed by atoms with E-state index in [-0.39, 0.29) is 0 Å². The first kappa shape index (κ1) is 13.7. The molecule has 0 radical (unpaired) electrons. The molecular formula is C12H22BrN3. The van der Waals surface area contributed by atoms with Gasteiger partial charge in [0.1, 0.15) is 0 Å². The Kier molecular flexibility index (Phi) is 5.49. The fourth-order valence-electron chi connectivity index (χ4n) is 1.97. The first-order valence-electron chi connectivity index (χ1n) is 6.01. The van der Waals surface area contributed by atoms with Gasteiger partial charge in [-0.15, -0.1) is 0 Å². The number of likely N-dealkylation sites (N-methyl/N-ethyl adjacent to an activating group) is 1. The maximum absolute atomic E-state index is 4.52. The van der Waals surface area contributed by atoms with Crippen LogP contribution in [0.15, 0.2) is 4.47 Å². The summed E-state index contributed by atoms with van der Waals surface area (Å²) in [6.07, 6.45) is 4.43. The summed E-state index contributed by atoms with van der Waals surface area (Å²) < 4.78 is 3.19. The lowest BCUT2D eigenvalue weighted by atomic mass is 10.1. The zero-order valence-corrected chi connectivity index (χ0v) is 12.3. The zero-order chi connectivity index (χ0) is 12.1. The van der Waals surface area contributed by atoms with Crippen LogP contribution < -0.4 is 5.32 Å². The van der Waals surface area contributed by atoms with E-state index in [4.69, 9.17) is 0 Å². The maximum atomic E-state index is 4.52. The molecule has 1 aromatic heterocycles. The third kappa shape index (κ3) is 3.08. The second kappa shape index (κ2) is 6.40. The maximum Gasteiger partial charge on any atom is 0.0766 e. The summed E-state index contributed by atoms with van der Waals surface area (Å²) >= 11 is 3.66. The minimum atomic E-state index is 0.543. The van der Waals surface area contributed by atoms with Crippen LogP contribution in [0.3, 0.4) is 0 Å². The van der Waals surface area contributed by atoms with Crippen LogP contribution in [0.5, 0.6) is 0 Å². The molecule has 0 bridgehead atoms. The third-order valence-electron chi connectivity index (χ3n) is 2.99. The van der Waals surface area contributed by atoms with Gasteiger partial charge in [-0.2, -0.15) is 5.10 Å². The molecule has 3 nitrogen and oxygen atoms in total. The third-order valence-corrected chi connectivity index (χ3v) is 3.90. The van der Waals surface area contributed by atoms with Crippen LogP contribution in [0.4, 0.5) is 0 Å².